The number of amides is 3. The van der Waals surface area contributed by atoms with Crippen molar-refractivity contribution >= 4 is 27.7 Å². The predicted octanol–water partition coefficient (Wildman–Crippen LogP) is 3.01. The lowest BCUT2D eigenvalue weighted by Gasteiger charge is -2.32. The van der Waals surface area contributed by atoms with Gasteiger partial charge in [-0.25, -0.2) is 12.7 Å². The summed E-state index contributed by atoms with van der Waals surface area (Å²) in [4.78, 5) is 41.0. The number of sulfonamides is 1. The number of hydrogen-bond acceptors (Lipinski definition) is 5. The van der Waals surface area contributed by atoms with Crippen molar-refractivity contribution in [3.8, 4) is 0 Å². The maximum absolute atomic E-state index is 13.6. The summed E-state index contributed by atoms with van der Waals surface area (Å²) in [6, 6.07) is 12.8. The molecular weight excluding hydrogens is 466 g/mol. The Kier molecular flexibility index (Phi) is 7.25. The van der Waals surface area contributed by atoms with Crippen LogP contribution in [-0.2, 0) is 26.2 Å². The smallest absolute Gasteiger partial charge is 0.269 e. The van der Waals surface area contributed by atoms with Crippen LogP contribution < -0.4 is 5.32 Å². The second-order valence-electron chi connectivity index (χ2n) is 9.23. The molecule has 4 rings (SSSR count). The number of nitrogens with one attached hydrogen (secondary N) is 1. The van der Waals surface area contributed by atoms with Crippen molar-refractivity contribution in [2.45, 2.75) is 69.5 Å². The molecule has 0 saturated heterocycles. The Hall–Kier alpha value is -3.20. The first kappa shape index (κ1) is 24.9. The van der Waals surface area contributed by atoms with Gasteiger partial charge in [0, 0.05) is 12.6 Å². The first-order valence-corrected chi connectivity index (χ1v) is 13.5. The highest BCUT2D eigenvalue weighted by atomic mass is 32.2. The van der Waals surface area contributed by atoms with Gasteiger partial charge in [0.05, 0.1) is 5.56 Å². The highest BCUT2D eigenvalue weighted by Gasteiger charge is 2.43. The van der Waals surface area contributed by atoms with Gasteiger partial charge in [-0.3, -0.25) is 14.4 Å². The number of benzene rings is 2. The normalized spacial score (nSPS) is 17.8. The molecule has 1 fully saturated rings. The Morgan fingerprint density at radius 1 is 1.09 bits per heavy atom. The van der Waals surface area contributed by atoms with Gasteiger partial charge in [0.2, 0.25) is 11.8 Å². The molecule has 1 saturated carbocycles. The van der Waals surface area contributed by atoms with Gasteiger partial charge in [0.25, 0.3) is 15.9 Å². The van der Waals surface area contributed by atoms with Crippen molar-refractivity contribution in [3.05, 3.63) is 65.2 Å². The van der Waals surface area contributed by atoms with E-state index in [2.05, 4.69) is 5.32 Å². The summed E-state index contributed by atoms with van der Waals surface area (Å²) >= 11 is 0. The van der Waals surface area contributed by atoms with Crippen molar-refractivity contribution in [2.24, 2.45) is 0 Å². The van der Waals surface area contributed by atoms with Crippen molar-refractivity contribution < 1.29 is 22.8 Å². The highest BCUT2D eigenvalue weighted by molar-refractivity contribution is 7.90. The van der Waals surface area contributed by atoms with Crippen LogP contribution in [-0.4, -0.2) is 54.0 Å². The summed E-state index contributed by atoms with van der Waals surface area (Å²) in [6.45, 7) is 3.25. The zero-order chi connectivity index (χ0) is 25.2. The van der Waals surface area contributed by atoms with Crippen molar-refractivity contribution in [1.82, 2.24) is 14.5 Å². The van der Waals surface area contributed by atoms with Crippen LogP contribution >= 0.6 is 0 Å². The van der Waals surface area contributed by atoms with E-state index in [9.17, 15) is 22.8 Å². The van der Waals surface area contributed by atoms with Crippen molar-refractivity contribution in [2.75, 3.05) is 6.54 Å². The summed E-state index contributed by atoms with van der Waals surface area (Å²) in [7, 11) is -4.14. The van der Waals surface area contributed by atoms with Crippen molar-refractivity contribution in [3.63, 3.8) is 0 Å². The maximum Gasteiger partial charge on any atom is 0.269 e. The molecule has 3 amide bonds. The van der Waals surface area contributed by atoms with Crippen LogP contribution in [0.5, 0.6) is 0 Å². The third kappa shape index (κ3) is 5.10. The molecule has 35 heavy (non-hydrogen) atoms. The minimum atomic E-state index is -4.14. The van der Waals surface area contributed by atoms with E-state index < -0.39 is 34.4 Å². The third-order valence-corrected chi connectivity index (χ3v) is 8.54. The van der Waals surface area contributed by atoms with Gasteiger partial charge >= 0.3 is 0 Å². The summed E-state index contributed by atoms with van der Waals surface area (Å²) in [5.41, 5.74) is 1.93. The monoisotopic (exact) mass is 497 g/mol. The number of nitrogens with zero attached hydrogens (tertiary/aromatic N) is 2. The quantitative estimate of drug-likeness (QED) is 0.604. The number of hydrogen-bond donors (Lipinski definition) is 1. The predicted molar refractivity (Wildman–Crippen MR) is 131 cm³/mol. The molecule has 1 aliphatic carbocycles. The van der Waals surface area contributed by atoms with E-state index in [0.717, 1.165) is 36.8 Å². The molecule has 1 unspecified atom stereocenters. The second kappa shape index (κ2) is 10.2. The summed E-state index contributed by atoms with van der Waals surface area (Å²) < 4.78 is 26.6. The number of carbonyl (C=O) groups is 3. The SMILES string of the molecule is CCC(C(=O)NC1CCCC1)N(Cc1ccc(C)cc1)C(=O)CN1C(=O)c2ccccc2S1(=O)=O. The minimum absolute atomic E-state index is 0.0522. The van der Waals surface area contributed by atoms with E-state index in [-0.39, 0.29) is 29.0 Å². The Morgan fingerprint density at radius 3 is 2.37 bits per heavy atom. The molecule has 186 valence electrons. The van der Waals surface area contributed by atoms with E-state index in [1.807, 2.05) is 38.1 Å². The van der Waals surface area contributed by atoms with E-state index in [4.69, 9.17) is 0 Å². The van der Waals surface area contributed by atoms with Crippen LogP contribution in [0.25, 0.3) is 0 Å². The standard InChI is InChI=1S/C26H31N3O5S/c1-3-22(25(31)27-20-8-4-5-9-20)28(16-19-14-12-18(2)13-15-19)24(30)17-29-26(32)21-10-6-7-11-23(21)35(29,33)34/h6-7,10-15,20,22H,3-5,8-9,16-17H2,1-2H3,(H,27,31). The highest BCUT2D eigenvalue weighted by Crippen LogP contribution is 2.30. The molecule has 0 spiro atoms. The van der Waals surface area contributed by atoms with Gasteiger partial charge in [-0.2, -0.15) is 0 Å². The van der Waals surface area contributed by atoms with Crippen LogP contribution in [0.15, 0.2) is 53.4 Å². The Bertz CT molecular complexity index is 1220. The fourth-order valence-corrected chi connectivity index (χ4v) is 6.30. The van der Waals surface area contributed by atoms with Gasteiger partial charge in [-0.15, -0.1) is 0 Å². The molecule has 0 radical (unpaired) electrons. The van der Waals surface area contributed by atoms with Crippen LogP contribution in [0.1, 0.15) is 60.5 Å². The average molecular weight is 498 g/mol. The summed E-state index contributed by atoms with van der Waals surface area (Å²) in [5, 5.41) is 3.06. The van der Waals surface area contributed by atoms with E-state index in [0.29, 0.717) is 10.7 Å². The molecule has 0 aromatic heterocycles. The molecule has 0 bridgehead atoms. The van der Waals surface area contributed by atoms with Gasteiger partial charge in [-0.1, -0.05) is 61.7 Å². The third-order valence-electron chi connectivity index (χ3n) is 6.75. The van der Waals surface area contributed by atoms with Gasteiger partial charge in [0.1, 0.15) is 17.5 Å². The second-order valence-corrected chi connectivity index (χ2v) is 11.1. The number of rotatable bonds is 8. The van der Waals surface area contributed by atoms with E-state index in [1.54, 1.807) is 12.1 Å². The number of aryl methyl sites for hydroxylation is 1. The largest absolute Gasteiger partial charge is 0.352 e. The fraction of sp³-hybridized carbons (Fsp3) is 0.423. The molecule has 8 nitrogen and oxygen atoms in total. The Balaban J connectivity index is 1.60. The molecule has 1 atom stereocenters. The molecule has 1 N–H and O–H groups in total. The zero-order valence-electron chi connectivity index (χ0n) is 20.1. The summed E-state index contributed by atoms with van der Waals surface area (Å²) in [5.74, 6) is -1.57. The molecule has 2 aromatic rings. The van der Waals surface area contributed by atoms with Crippen LogP contribution in [0.3, 0.4) is 0 Å². The minimum Gasteiger partial charge on any atom is -0.352 e. The van der Waals surface area contributed by atoms with E-state index >= 15 is 0 Å². The molecule has 9 heteroatoms. The fourth-order valence-electron chi connectivity index (χ4n) is 4.78. The lowest BCUT2D eigenvalue weighted by atomic mass is 10.1. The van der Waals surface area contributed by atoms with Crippen LogP contribution in [0.2, 0.25) is 0 Å². The Morgan fingerprint density at radius 2 is 1.74 bits per heavy atom. The van der Waals surface area contributed by atoms with Crippen LogP contribution in [0.4, 0.5) is 0 Å². The van der Waals surface area contributed by atoms with Gasteiger partial charge < -0.3 is 10.2 Å². The topological polar surface area (TPSA) is 104 Å². The molecule has 1 heterocycles. The first-order valence-electron chi connectivity index (χ1n) is 12.0. The molecular formula is C26H31N3O5S. The molecule has 2 aromatic carbocycles. The summed E-state index contributed by atoms with van der Waals surface area (Å²) in [6.07, 6.45) is 4.29. The number of fused-ring (bicyclic) bond motifs is 1. The maximum atomic E-state index is 13.6. The van der Waals surface area contributed by atoms with Crippen LogP contribution in [0, 0.1) is 6.92 Å². The zero-order valence-corrected chi connectivity index (χ0v) is 20.9. The molecule has 2 aliphatic rings. The van der Waals surface area contributed by atoms with Gasteiger partial charge in [0.15, 0.2) is 0 Å². The first-order chi connectivity index (χ1) is 16.7. The van der Waals surface area contributed by atoms with E-state index in [1.165, 1.54) is 17.0 Å². The van der Waals surface area contributed by atoms with Gasteiger partial charge in [-0.05, 0) is 43.9 Å². The average Bonchev–Trinajstić information content (AvgIpc) is 3.41. The lowest BCUT2D eigenvalue weighted by molar-refractivity contribution is -0.141. The van der Waals surface area contributed by atoms with Crippen molar-refractivity contribution in [1.29, 1.82) is 0 Å². The lowest BCUT2D eigenvalue weighted by Crippen LogP contribution is -2.53. The number of carbonyl (C=O) groups excluding carboxylic acids is 3. The Labute approximate surface area is 206 Å². The molecule has 1 aliphatic heterocycles.